The molecule has 1 unspecified atom stereocenters. The summed E-state index contributed by atoms with van der Waals surface area (Å²) in [5.41, 5.74) is 7.83. The molecule has 4 nitrogen and oxygen atoms in total. The Hall–Kier alpha value is -0.910. The number of piperazine rings is 1. The summed E-state index contributed by atoms with van der Waals surface area (Å²) in [7, 11) is 1.95. The Kier molecular flexibility index (Phi) is 4.04. The average molecular weight is 312 g/mol. The summed E-state index contributed by atoms with van der Waals surface area (Å²) >= 11 is 3.44. The zero-order valence-corrected chi connectivity index (χ0v) is 12.3. The minimum atomic E-state index is 0.132. The fourth-order valence-corrected chi connectivity index (χ4v) is 2.76. The van der Waals surface area contributed by atoms with Crippen LogP contribution in [-0.4, -0.2) is 43.5 Å². The van der Waals surface area contributed by atoms with E-state index in [2.05, 4.69) is 15.9 Å². The molecule has 1 heterocycles. The van der Waals surface area contributed by atoms with Crippen LogP contribution in [0.1, 0.15) is 5.56 Å². The molecule has 2 N–H and O–H groups in total. The molecule has 98 valence electrons. The lowest BCUT2D eigenvalue weighted by molar-refractivity contribution is -0.121. The summed E-state index contributed by atoms with van der Waals surface area (Å²) < 4.78 is 1.03. The van der Waals surface area contributed by atoms with E-state index < -0.39 is 0 Å². The summed E-state index contributed by atoms with van der Waals surface area (Å²) in [5.74, 6) is 0.132. The zero-order valence-electron chi connectivity index (χ0n) is 10.7. The fourth-order valence-electron chi connectivity index (χ4n) is 2.29. The SMILES string of the molecule is Cc1cc(Br)ccc1N1CC(CN)N(C)CC1=O. The highest BCUT2D eigenvalue weighted by Crippen LogP contribution is 2.26. The molecule has 0 bridgehead atoms. The van der Waals surface area contributed by atoms with Crippen LogP contribution in [-0.2, 0) is 4.79 Å². The van der Waals surface area contributed by atoms with Gasteiger partial charge in [-0.15, -0.1) is 0 Å². The van der Waals surface area contributed by atoms with Gasteiger partial charge in [-0.05, 0) is 37.7 Å². The van der Waals surface area contributed by atoms with E-state index in [-0.39, 0.29) is 11.9 Å². The number of nitrogens with zero attached hydrogens (tertiary/aromatic N) is 2. The Balaban J connectivity index is 2.29. The van der Waals surface area contributed by atoms with Crippen molar-refractivity contribution in [3.8, 4) is 0 Å². The Morgan fingerprint density at radius 1 is 1.50 bits per heavy atom. The highest BCUT2D eigenvalue weighted by Gasteiger charge is 2.30. The van der Waals surface area contributed by atoms with E-state index in [0.29, 0.717) is 19.6 Å². The minimum absolute atomic E-state index is 0.132. The Morgan fingerprint density at radius 2 is 2.22 bits per heavy atom. The number of carbonyl (C=O) groups is 1. The number of anilines is 1. The molecule has 0 aliphatic carbocycles. The van der Waals surface area contributed by atoms with Gasteiger partial charge >= 0.3 is 0 Å². The van der Waals surface area contributed by atoms with Crippen LogP contribution in [0.3, 0.4) is 0 Å². The van der Waals surface area contributed by atoms with Crippen LogP contribution in [0.4, 0.5) is 5.69 Å². The Bertz CT molecular complexity index is 464. The smallest absolute Gasteiger partial charge is 0.241 e. The van der Waals surface area contributed by atoms with Crippen molar-refractivity contribution in [2.24, 2.45) is 5.73 Å². The second kappa shape index (κ2) is 5.38. The first-order valence-electron chi connectivity index (χ1n) is 5.99. The van der Waals surface area contributed by atoms with Gasteiger partial charge in [-0.3, -0.25) is 9.69 Å². The van der Waals surface area contributed by atoms with Gasteiger partial charge in [-0.25, -0.2) is 0 Å². The monoisotopic (exact) mass is 311 g/mol. The van der Waals surface area contributed by atoms with Gasteiger partial charge in [-0.1, -0.05) is 15.9 Å². The molecule has 1 saturated heterocycles. The van der Waals surface area contributed by atoms with E-state index in [9.17, 15) is 4.79 Å². The summed E-state index contributed by atoms with van der Waals surface area (Å²) in [6.07, 6.45) is 0. The van der Waals surface area contributed by atoms with E-state index in [4.69, 9.17) is 5.73 Å². The van der Waals surface area contributed by atoms with Crippen LogP contribution in [0.2, 0.25) is 0 Å². The molecular weight excluding hydrogens is 294 g/mol. The maximum Gasteiger partial charge on any atom is 0.241 e. The molecule has 0 radical (unpaired) electrons. The number of likely N-dealkylation sites (N-methyl/N-ethyl adjacent to an activating group) is 1. The molecule has 0 saturated carbocycles. The first-order chi connectivity index (χ1) is 8.52. The van der Waals surface area contributed by atoms with Gasteiger partial charge < -0.3 is 10.6 Å². The van der Waals surface area contributed by atoms with Gasteiger partial charge in [0.05, 0.1) is 6.54 Å². The maximum absolute atomic E-state index is 12.1. The summed E-state index contributed by atoms with van der Waals surface area (Å²) in [4.78, 5) is 16.0. The summed E-state index contributed by atoms with van der Waals surface area (Å²) in [6, 6.07) is 6.20. The minimum Gasteiger partial charge on any atom is -0.329 e. The van der Waals surface area contributed by atoms with Crippen molar-refractivity contribution < 1.29 is 4.79 Å². The quantitative estimate of drug-likeness (QED) is 0.897. The third kappa shape index (κ3) is 2.58. The lowest BCUT2D eigenvalue weighted by Crippen LogP contribution is -2.57. The second-order valence-electron chi connectivity index (χ2n) is 4.74. The van der Waals surface area contributed by atoms with E-state index in [1.807, 2.05) is 42.0 Å². The number of halogens is 1. The van der Waals surface area contributed by atoms with Crippen LogP contribution in [0.25, 0.3) is 0 Å². The van der Waals surface area contributed by atoms with E-state index in [1.165, 1.54) is 0 Å². The molecule has 1 aliphatic rings. The molecule has 2 rings (SSSR count). The predicted molar refractivity (Wildman–Crippen MR) is 76.7 cm³/mol. The molecule has 1 atom stereocenters. The molecule has 1 aromatic rings. The second-order valence-corrected chi connectivity index (χ2v) is 5.66. The number of hydrogen-bond acceptors (Lipinski definition) is 3. The number of aryl methyl sites for hydroxylation is 1. The van der Waals surface area contributed by atoms with Crippen molar-refractivity contribution in [1.29, 1.82) is 0 Å². The number of amides is 1. The first kappa shape index (κ1) is 13.5. The molecule has 0 spiro atoms. The predicted octanol–water partition coefficient (Wildman–Crippen LogP) is 1.36. The lowest BCUT2D eigenvalue weighted by atomic mass is 10.1. The summed E-state index contributed by atoms with van der Waals surface area (Å²) in [5, 5.41) is 0. The number of carbonyl (C=O) groups excluding carboxylic acids is 1. The number of rotatable bonds is 2. The topological polar surface area (TPSA) is 49.6 Å². The van der Waals surface area contributed by atoms with Gasteiger partial charge in [0.1, 0.15) is 0 Å². The number of hydrogen-bond donors (Lipinski definition) is 1. The fraction of sp³-hybridized carbons (Fsp3) is 0.462. The van der Waals surface area contributed by atoms with Crippen molar-refractivity contribution in [3.05, 3.63) is 28.2 Å². The van der Waals surface area contributed by atoms with Crippen molar-refractivity contribution in [1.82, 2.24) is 4.90 Å². The van der Waals surface area contributed by atoms with E-state index in [0.717, 1.165) is 15.7 Å². The number of nitrogens with two attached hydrogens (primary N) is 1. The third-order valence-corrected chi connectivity index (χ3v) is 3.92. The Labute approximate surface area is 116 Å². The largest absolute Gasteiger partial charge is 0.329 e. The Morgan fingerprint density at radius 3 is 2.83 bits per heavy atom. The molecule has 1 aliphatic heterocycles. The normalized spacial score (nSPS) is 21.4. The third-order valence-electron chi connectivity index (χ3n) is 3.42. The molecule has 1 fully saturated rings. The van der Waals surface area contributed by atoms with Crippen molar-refractivity contribution >= 4 is 27.5 Å². The van der Waals surface area contributed by atoms with Gasteiger partial charge in [0.15, 0.2) is 0 Å². The molecule has 1 amide bonds. The van der Waals surface area contributed by atoms with Gasteiger partial charge in [0.25, 0.3) is 0 Å². The standard InChI is InChI=1S/C13H18BrN3O/c1-9-5-10(14)3-4-12(9)17-7-11(6-15)16(2)8-13(17)18/h3-5,11H,6-8,15H2,1-2H3. The molecule has 5 heteroatoms. The molecule has 1 aromatic carbocycles. The van der Waals surface area contributed by atoms with Gasteiger partial charge in [0.2, 0.25) is 5.91 Å². The van der Waals surface area contributed by atoms with Crippen LogP contribution in [0.15, 0.2) is 22.7 Å². The van der Waals surface area contributed by atoms with E-state index >= 15 is 0 Å². The van der Waals surface area contributed by atoms with Crippen LogP contribution in [0, 0.1) is 6.92 Å². The van der Waals surface area contributed by atoms with Crippen LogP contribution < -0.4 is 10.6 Å². The summed E-state index contributed by atoms with van der Waals surface area (Å²) in [6.45, 7) is 3.67. The van der Waals surface area contributed by atoms with Gasteiger partial charge in [0, 0.05) is 29.3 Å². The highest BCUT2D eigenvalue weighted by atomic mass is 79.9. The highest BCUT2D eigenvalue weighted by molar-refractivity contribution is 9.10. The van der Waals surface area contributed by atoms with Crippen molar-refractivity contribution in [2.75, 3.05) is 31.6 Å². The zero-order chi connectivity index (χ0) is 13.3. The number of benzene rings is 1. The first-order valence-corrected chi connectivity index (χ1v) is 6.79. The molecule has 18 heavy (non-hydrogen) atoms. The van der Waals surface area contributed by atoms with Crippen molar-refractivity contribution in [2.45, 2.75) is 13.0 Å². The van der Waals surface area contributed by atoms with Gasteiger partial charge in [-0.2, -0.15) is 0 Å². The average Bonchev–Trinajstić information content (AvgIpc) is 2.30. The van der Waals surface area contributed by atoms with Crippen LogP contribution in [0.5, 0.6) is 0 Å². The maximum atomic E-state index is 12.1. The lowest BCUT2D eigenvalue weighted by Gasteiger charge is -2.39. The van der Waals surface area contributed by atoms with Crippen LogP contribution >= 0.6 is 15.9 Å². The molecule has 0 aromatic heterocycles. The molecular formula is C13H18BrN3O. The van der Waals surface area contributed by atoms with Crippen molar-refractivity contribution in [3.63, 3.8) is 0 Å². The van der Waals surface area contributed by atoms with E-state index in [1.54, 1.807) is 0 Å².